The molecular weight excluding hydrogens is 378 g/mol. The van der Waals surface area contributed by atoms with Gasteiger partial charge in [-0.05, 0) is 42.0 Å². The van der Waals surface area contributed by atoms with Crippen LogP contribution in [0.3, 0.4) is 0 Å². The number of ether oxygens (including phenoxy) is 2. The number of nitrogens with zero attached hydrogens (tertiary/aromatic N) is 1. The molecule has 0 aliphatic carbocycles. The summed E-state index contributed by atoms with van der Waals surface area (Å²) in [4.78, 5) is 16.0. The molecule has 2 aromatic carbocycles. The number of carbonyl (C=O) groups excluding carboxylic acids is 1. The minimum Gasteiger partial charge on any atom is -0.457 e. The van der Waals surface area contributed by atoms with E-state index in [0.717, 1.165) is 5.56 Å². The van der Waals surface area contributed by atoms with Crippen LogP contribution in [0.1, 0.15) is 17.2 Å². The number of esters is 1. The molecule has 0 amide bonds. The maximum absolute atomic E-state index is 12.1. The standard InChI is InChI=1S/C22H18ClNO4/c1-15(21(25)17-4-3-11-24-13-17)22(26)27-14-16-7-9-19(10-8-16)28-20-6-2-5-18(23)12-20/h2-13,21,25H,1,14H2. The number of aromatic nitrogens is 1. The Hall–Kier alpha value is -3.15. The Morgan fingerprint density at radius 3 is 2.57 bits per heavy atom. The molecule has 0 saturated carbocycles. The molecule has 1 aromatic heterocycles. The van der Waals surface area contributed by atoms with Gasteiger partial charge in [0.25, 0.3) is 0 Å². The number of hydrogen-bond donors (Lipinski definition) is 1. The van der Waals surface area contributed by atoms with Gasteiger partial charge in [0.15, 0.2) is 0 Å². The van der Waals surface area contributed by atoms with Crippen LogP contribution in [-0.2, 0) is 16.1 Å². The van der Waals surface area contributed by atoms with E-state index >= 15 is 0 Å². The molecule has 1 heterocycles. The number of benzene rings is 2. The number of pyridine rings is 1. The smallest absolute Gasteiger partial charge is 0.336 e. The fraction of sp³-hybridized carbons (Fsp3) is 0.0909. The average molecular weight is 396 g/mol. The van der Waals surface area contributed by atoms with Crippen LogP contribution in [0, 0.1) is 0 Å². The predicted molar refractivity (Wildman–Crippen MR) is 106 cm³/mol. The van der Waals surface area contributed by atoms with Crippen molar-refractivity contribution >= 4 is 17.6 Å². The first kappa shape index (κ1) is 19.6. The van der Waals surface area contributed by atoms with E-state index in [1.165, 1.54) is 6.20 Å². The molecule has 0 radical (unpaired) electrons. The maximum atomic E-state index is 12.1. The zero-order valence-corrected chi connectivity index (χ0v) is 15.7. The zero-order chi connectivity index (χ0) is 19.9. The predicted octanol–water partition coefficient (Wildman–Crippen LogP) is 4.86. The fourth-order valence-corrected chi connectivity index (χ4v) is 2.59. The molecule has 3 rings (SSSR count). The van der Waals surface area contributed by atoms with E-state index < -0.39 is 12.1 Å². The topological polar surface area (TPSA) is 68.7 Å². The number of hydrogen-bond acceptors (Lipinski definition) is 5. The van der Waals surface area contributed by atoms with Gasteiger partial charge < -0.3 is 14.6 Å². The van der Waals surface area contributed by atoms with Gasteiger partial charge in [-0.15, -0.1) is 0 Å². The number of rotatable bonds is 7. The number of halogens is 1. The largest absolute Gasteiger partial charge is 0.457 e. The van der Waals surface area contributed by atoms with E-state index in [9.17, 15) is 9.90 Å². The first-order valence-electron chi connectivity index (χ1n) is 8.49. The van der Waals surface area contributed by atoms with Gasteiger partial charge in [-0.1, -0.05) is 42.4 Å². The average Bonchev–Trinajstić information content (AvgIpc) is 2.72. The lowest BCUT2D eigenvalue weighted by atomic mass is 10.1. The Balaban J connectivity index is 1.54. The van der Waals surface area contributed by atoms with Gasteiger partial charge in [-0.25, -0.2) is 4.79 Å². The summed E-state index contributed by atoms with van der Waals surface area (Å²) in [5, 5.41) is 10.8. The summed E-state index contributed by atoms with van der Waals surface area (Å²) in [6.45, 7) is 3.68. The highest BCUT2D eigenvalue weighted by atomic mass is 35.5. The summed E-state index contributed by atoms with van der Waals surface area (Å²) in [5.74, 6) is 0.594. The van der Waals surface area contributed by atoms with E-state index in [2.05, 4.69) is 11.6 Å². The third-order valence-electron chi connectivity index (χ3n) is 3.92. The van der Waals surface area contributed by atoms with Crippen LogP contribution >= 0.6 is 11.6 Å². The van der Waals surface area contributed by atoms with Gasteiger partial charge in [-0.2, -0.15) is 0 Å². The lowest BCUT2D eigenvalue weighted by Crippen LogP contribution is -2.14. The molecule has 0 spiro atoms. The third-order valence-corrected chi connectivity index (χ3v) is 4.15. The van der Waals surface area contributed by atoms with E-state index in [1.54, 1.807) is 66.9 Å². The molecule has 0 bridgehead atoms. The molecule has 1 unspecified atom stereocenters. The summed E-state index contributed by atoms with van der Waals surface area (Å²) in [5.41, 5.74) is 1.20. The van der Waals surface area contributed by atoms with Gasteiger partial charge in [0.05, 0.1) is 5.57 Å². The highest BCUT2D eigenvalue weighted by molar-refractivity contribution is 6.30. The molecule has 0 saturated heterocycles. The zero-order valence-electron chi connectivity index (χ0n) is 14.9. The molecule has 0 aliphatic rings. The second-order valence-electron chi connectivity index (χ2n) is 5.99. The third kappa shape index (κ3) is 5.19. The second kappa shape index (κ2) is 9.17. The quantitative estimate of drug-likeness (QED) is 0.457. The monoisotopic (exact) mass is 395 g/mol. The molecule has 3 aromatic rings. The SMILES string of the molecule is C=C(C(=O)OCc1ccc(Oc2cccc(Cl)c2)cc1)C(O)c1cccnc1. The van der Waals surface area contributed by atoms with Gasteiger partial charge >= 0.3 is 5.97 Å². The lowest BCUT2D eigenvalue weighted by molar-refractivity contribution is -0.141. The van der Waals surface area contributed by atoms with E-state index in [4.69, 9.17) is 21.1 Å². The maximum Gasteiger partial charge on any atom is 0.336 e. The first-order chi connectivity index (χ1) is 13.5. The number of aliphatic hydroxyl groups is 1. The molecule has 5 nitrogen and oxygen atoms in total. The van der Waals surface area contributed by atoms with Crippen LogP contribution in [0.25, 0.3) is 0 Å². The Labute approximate surface area is 167 Å². The molecule has 0 aliphatic heterocycles. The molecule has 28 heavy (non-hydrogen) atoms. The first-order valence-corrected chi connectivity index (χ1v) is 8.87. The minimum absolute atomic E-state index is 0.0473. The van der Waals surface area contributed by atoms with Gasteiger partial charge in [0.1, 0.15) is 24.2 Å². The summed E-state index contributed by atoms with van der Waals surface area (Å²) >= 11 is 5.94. The Morgan fingerprint density at radius 2 is 1.89 bits per heavy atom. The minimum atomic E-state index is -1.16. The molecule has 0 fully saturated rings. The molecule has 6 heteroatoms. The Kier molecular flexibility index (Phi) is 6.42. The summed E-state index contributed by atoms with van der Waals surface area (Å²) in [7, 11) is 0. The van der Waals surface area contributed by atoms with Gasteiger partial charge in [0, 0.05) is 23.0 Å². The van der Waals surface area contributed by atoms with E-state index in [0.29, 0.717) is 22.1 Å². The number of aliphatic hydroxyl groups excluding tert-OH is 1. The van der Waals surface area contributed by atoms with E-state index in [-0.39, 0.29) is 12.2 Å². The Morgan fingerprint density at radius 1 is 1.11 bits per heavy atom. The van der Waals surface area contributed by atoms with Crippen molar-refractivity contribution in [1.29, 1.82) is 0 Å². The number of carbonyl (C=O) groups is 1. The molecular formula is C22H18ClNO4. The van der Waals surface area contributed by atoms with E-state index in [1.807, 2.05) is 0 Å². The van der Waals surface area contributed by atoms with Crippen LogP contribution in [0.15, 0.2) is 85.2 Å². The van der Waals surface area contributed by atoms with Crippen molar-refractivity contribution in [2.75, 3.05) is 0 Å². The summed E-state index contributed by atoms with van der Waals surface area (Å²) in [6, 6.07) is 17.5. The highest BCUT2D eigenvalue weighted by Crippen LogP contribution is 2.25. The van der Waals surface area contributed by atoms with Crippen molar-refractivity contribution in [1.82, 2.24) is 4.98 Å². The summed E-state index contributed by atoms with van der Waals surface area (Å²) in [6.07, 6.45) is 1.90. The van der Waals surface area contributed by atoms with Crippen molar-refractivity contribution in [3.05, 3.63) is 101 Å². The lowest BCUT2D eigenvalue weighted by Gasteiger charge is -2.13. The van der Waals surface area contributed by atoms with Crippen molar-refractivity contribution in [2.45, 2.75) is 12.7 Å². The highest BCUT2D eigenvalue weighted by Gasteiger charge is 2.19. The molecule has 1 N–H and O–H groups in total. The van der Waals surface area contributed by atoms with Crippen molar-refractivity contribution in [3.63, 3.8) is 0 Å². The molecule has 1 atom stereocenters. The summed E-state index contributed by atoms with van der Waals surface area (Å²) < 4.78 is 10.9. The van der Waals surface area contributed by atoms with Crippen LogP contribution in [0.4, 0.5) is 0 Å². The van der Waals surface area contributed by atoms with Crippen LogP contribution in [-0.4, -0.2) is 16.1 Å². The van der Waals surface area contributed by atoms with Crippen molar-refractivity contribution < 1.29 is 19.4 Å². The van der Waals surface area contributed by atoms with Gasteiger partial charge in [0.2, 0.25) is 0 Å². The Bertz CT molecular complexity index is 958. The van der Waals surface area contributed by atoms with Crippen LogP contribution in [0.2, 0.25) is 5.02 Å². The fourth-order valence-electron chi connectivity index (χ4n) is 2.41. The molecule has 142 valence electrons. The van der Waals surface area contributed by atoms with Gasteiger partial charge in [-0.3, -0.25) is 4.98 Å². The van der Waals surface area contributed by atoms with Crippen molar-refractivity contribution in [3.8, 4) is 11.5 Å². The van der Waals surface area contributed by atoms with Crippen LogP contribution in [0.5, 0.6) is 11.5 Å². The van der Waals surface area contributed by atoms with Crippen molar-refractivity contribution in [2.24, 2.45) is 0 Å². The normalized spacial score (nSPS) is 11.5. The second-order valence-corrected chi connectivity index (χ2v) is 6.43. The van der Waals surface area contributed by atoms with Crippen LogP contribution < -0.4 is 4.74 Å².